The second-order valence-electron chi connectivity index (χ2n) is 3.30. The molecular weight excluding hydrogens is 179 g/mol. The summed E-state index contributed by atoms with van der Waals surface area (Å²) >= 11 is 0. The molecule has 0 saturated carbocycles. The second-order valence-corrected chi connectivity index (χ2v) is 3.30. The van der Waals surface area contributed by atoms with Gasteiger partial charge in [0.1, 0.15) is 5.82 Å². The molecule has 0 aliphatic rings. The van der Waals surface area contributed by atoms with Crippen LogP contribution in [0.4, 0.5) is 15.8 Å². The van der Waals surface area contributed by atoms with E-state index in [9.17, 15) is 4.39 Å². The van der Waals surface area contributed by atoms with E-state index in [1.54, 1.807) is 6.07 Å². The second kappa shape index (κ2) is 4.65. The molecule has 1 unspecified atom stereocenters. The van der Waals surface area contributed by atoms with Gasteiger partial charge < -0.3 is 11.1 Å². The van der Waals surface area contributed by atoms with E-state index in [2.05, 4.69) is 11.9 Å². The highest BCUT2D eigenvalue weighted by Gasteiger charge is 2.04. The molecule has 1 atom stereocenters. The number of anilines is 2. The summed E-state index contributed by atoms with van der Waals surface area (Å²) in [6, 6.07) is 4.50. The molecule has 2 nitrogen and oxygen atoms in total. The quantitative estimate of drug-likeness (QED) is 0.571. The number of nitrogen functional groups attached to an aromatic ring is 1. The number of hydrogen-bond donors (Lipinski definition) is 2. The minimum Gasteiger partial charge on any atom is -0.397 e. The van der Waals surface area contributed by atoms with Gasteiger partial charge in [-0.1, -0.05) is 6.08 Å². The summed E-state index contributed by atoms with van der Waals surface area (Å²) < 4.78 is 12.9. The first-order valence-electron chi connectivity index (χ1n) is 4.56. The molecule has 3 N–H and O–H groups in total. The molecule has 1 aromatic carbocycles. The third-order valence-electron chi connectivity index (χ3n) is 1.94. The first-order valence-corrected chi connectivity index (χ1v) is 4.56. The van der Waals surface area contributed by atoms with E-state index < -0.39 is 0 Å². The summed E-state index contributed by atoms with van der Waals surface area (Å²) in [4.78, 5) is 0. The fourth-order valence-electron chi connectivity index (χ4n) is 1.23. The van der Waals surface area contributed by atoms with Crippen molar-refractivity contribution in [1.29, 1.82) is 0 Å². The van der Waals surface area contributed by atoms with Crippen LogP contribution in [-0.2, 0) is 0 Å². The molecular formula is C11H15FN2. The lowest BCUT2D eigenvalue weighted by Gasteiger charge is -2.14. The Morgan fingerprint density at radius 2 is 2.36 bits per heavy atom. The molecule has 0 bridgehead atoms. The van der Waals surface area contributed by atoms with Crippen molar-refractivity contribution in [1.82, 2.24) is 0 Å². The Balaban J connectivity index is 2.74. The predicted molar refractivity (Wildman–Crippen MR) is 58.7 cm³/mol. The molecule has 3 heteroatoms. The Kier molecular flexibility index (Phi) is 3.51. The summed E-state index contributed by atoms with van der Waals surface area (Å²) in [5, 5.41) is 3.12. The molecule has 76 valence electrons. The molecule has 0 heterocycles. The highest BCUT2D eigenvalue weighted by molar-refractivity contribution is 5.66. The minimum absolute atomic E-state index is 0.205. The van der Waals surface area contributed by atoms with Crippen LogP contribution in [0.25, 0.3) is 0 Å². The maximum absolute atomic E-state index is 12.9. The Hall–Kier alpha value is -1.51. The molecule has 0 saturated heterocycles. The fourth-order valence-corrected chi connectivity index (χ4v) is 1.23. The van der Waals surface area contributed by atoms with Crippen LogP contribution in [0.5, 0.6) is 0 Å². The predicted octanol–water partition coefficient (Wildman–Crippen LogP) is 2.78. The van der Waals surface area contributed by atoms with Gasteiger partial charge in [-0.05, 0) is 31.5 Å². The van der Waals surface area contributed by atoms with Crippen LogP contribution in [0.15, 0.2) is 30.9 Å². The van der Waals surface area contributed by atoms with E-state index in [0.29, 0.717) is 11.4 Å². The average molecular weight is 194 g/mol. The van der Waals surface area contributed by atoms with Gasteiger partial charge in [0, 0.05) is 6.04 Å². The van der Waals surface area contributed by atoms with Crippen molar-refractivity contribution in [3.8, 4) is 0 Å². The van der Waals surface area contributed by atoms with Crippen molar-refractivity contribution in [3.05, 3.63) is 36.7 Å². The van der Waals surface area contributed by atoms with Crippen LogP contribution in [0.3, 0.4) is 0 Å². The smallest absolute Gasteiger partial charge is 0.125 e. The molecule has 0 aliphatic carbocycles. The lowest BCUT2D eigenvalue weighted by Crippen LogP contribution is -2.15. The van der Waals surface area contributed by atoms with E-state index in [-0.39, 0.29) is 11.9 Å². The van der Waals surface area contributed by atoms with Crippen molar-refractivity contribution in [2.24, 2.45) is 0 Å². The summed E-state index contributed by atoms with van der Waals surface area (Å²) in [6.07, 6.45) is 2.63. The van der Waals surface area contributed by atoms with Crippen molar-refractivity contribution >= 4 is 11.4 Å². The van der Waals surface area contributed by atoms with Crippen LogP contribution < -0.4 is 11.1 Å². The van der Waals surface area contributed by atoms with Crippen LogP contribution in [0.1, 0.15) is 13.3 Å². The monoisotopic (exact) mass is 194 g/mol. The van der Waals surface area contributed by atoms with E-state index in [1.165, 1.54) is 12.1 Å². The Morgan fingerprint density at radius 1 is 1.64 bits per heavy atom. The number of hydrogen-bond acceptors (Lipinski definition) is 2. The lowest BCUT2D eigenvalue weighted by atomic mass is 10.2. The molecule has 0 radical (unpaired) electrons. The maximum Gasteiger partial charge on any atom is 0.125 e. The van der Waals surface area contributed by atoms with Crippen LogP contribution in [0, 0.1) is 5.82 Å². The number of rotatable bonds is 4. The first kappa shape index (κ1) is 10.6. The molecule has 1 rings (SSSR count). The molecule has 0 amide bonds. The Morgan fingerprint density at radius 3 is 3.00 bits per heavy atom. The molecule has 0 fully saturated rings. The Labute approximate surface area is 83.6 Å². The zero-order chi connectivity index (χ0) is 10.6. The van der Waals surface area contributed by atoms with Gasteiger partial charge in [0.15, 0.2) is 0 Å². The van der Waals surface area contributed by atoms with Gasteiger partial charge in [0.2, 0.25) is 0 Å². The average Bonchev–Trinajstić information content (AvgIpc) is 2.12. The Bertz CT molecular complexity index is 323. The van der Waals surface area contributed by atoms with Gasteiger partial charge in [-0.15, -0.1) is 6.58 Å². The lowest BCUT2D eigenvalue weighted by molar-refractivity contribution is 0.628. The van der Waals surface area contributed by atoms with Crippen molar-refractivity contribution in [3.63, 3.8) is 0 Å². The van der Waals surface area contributed by atoms with Gasteiger partial charge in [-0.2, -0.15) is 0 Å². The number of benzene rings is 1. The van der Waals surface area contributed by atoms with Gasteiger partial charge >= 0.3 is 0 Å². The van der Waals surface area contributed by atoms with Gasteiger partial charge in [-0.3, -0.25) is 0 Å². The van der Waals surface area contributed by atoms with Gasteiger partial charge in [0.25, 0.3) is 0 Å². The zero-order valence-electron chi connectivity index (χ0n) is 8.26. The highest BCUT2D eigenvalue weighted by Crippen LogP contribution is 2.20. The van der Waals surface area contributed by atoms with E-state index >= 15 is 0 Å². The highest BCUT2D eigenvalue weighted by atomic mass is 19.1. The van der Waals surface area contributed by atoms with Crippen LogP contribution in [0.2, 0.25) is 0 Å². The molecule has 1 aromatic rings. The van der Waals surface area contributed by atoms with Crippen molar-refractivity contribution in [2.45, 2.75) is 19.4 Å². The van der Waals surface area contributed by atoms with Gasteiger partial charge in [-0.25, -0.2) is 4.39 Å². The fraction of sp³-hybridized carbons (Fsp3) is 0.273. The van der Waals surface area contributed by atoms with Crippen molar-refractivity contribution in [2.75, 3.05) is 11.1 Å². The SMILES string of the molecule is C=CCC(C)Nc1cc(F)ccc1N. The normalized spacial score (nSPS) is 12.1. The number of nitrogens with two attached hydrogens (primary N) is 1. The van der Waals surface area contributed by atoms with Gasteiger partial charge in [0.05, 0.1) is 11.4 Å². The zero-order valence-corrected chi connectivity index (χ0v) is 8.26. The summed E-state index contributed by atoms with van der Waals surface area (Å²) in [5.41, 5.74) is 6.87. The topological polar surface area (TPSA) is 38.0 Å². The van der Waals surface area contributed by atoms with Crippen LogP contribution in [-0.4, -0.2) is 6.04 Å². The molecule has 0 spiro atoms. The maximum atomic E-state index is 12.9. The molecule has 14 heavy (non-hydrogen) atoms. The van der Waals surface area contributed by atoms with Crippen LogP contribution >= 0.6 is 0 Å². The first-order chi connectivity index (χ1) is 6.63. The van der Waals surface area contributed by atoms with Crippen molar-refractivity contribution < 1.29 is 4.39 Å². The summed E-state index contributed by atoms with van der Waals surface area (Å²) in [6.45, 7) is 5.63. The largest absolute Gasteiger partial charge is 0.397 e. The summed E-state index contributed by atoms with van der Waals surface area (Å²) in [5.74, 6) is -0.285. The van der Waals surface area contributed by atoms with E-state index in [1.807, 2.05) is 13.0 Å². The number of nitrogens with one attached hydrogen (secondary N) is 1. The van der Waals surface area contributed by atoms with E-state index in [0.717, 1.165) is 6.42 Å². The molecule has 0 aromatic heterocycles. The third-order valence-corrected chi connectivity index (χ3v) is 1.94. The molecule has 0 aliphatic heterocycles. The standard InChI is InChI=1S/C11H15FN2/c1-3-4-8(2)14-11-7-9(12)5-6-10(11)13/h3,5-8,14H,1,4,13H2,2H3. The summed E-state index contributed by atoms with van der Waals surface area (Å²) in [7, 11) is 0. The third kappa shape index (κ3) is 2.76. The number of halogens is 1. The minimum atomic E-state index is -0.285. The van der Waals surface area contributed by atoms with E-state index in [4.69, 9.17) is 5.73 Å².